The molecule has 0 fully saturated rings. The minimum atomic E-state index is -1.22. The van der Waals surface area contributed by atoms with Crippen molar-refractivity contribution in [2.24, 2.45) is 0 Å². The van der Waals surface area contributed by atoms with Crippen LogP contribution in [0.5, 0.6) is 0 Å². The second-order valence-electron chi connectivity index (χ2n) is 7.72. The number of carboxylic acid groups (broad SMARTS) is 1. The first-order valence-corrected chi connectivity index (χ1v) is 10.4. The molecule has 0 aliphatic heterocycles. The molecule has 0 unspecified atom stereocenters. The minimum Gasteiger partial charge on any atom is -0.477 e. The number of hydrogen-bond acceptors (Lipinski definition) is 3. The quantitative estimate of drug-likeness (QED) is 0.425. The summed E-state index contributed by atoms with van der Waals surface area (Å²) in [5.41, 5.74) is 1.43. The lowest BCUT2D eigenvalue weighted by atomic mass is 10.0. The first-order chi connectivity index (χ1) is 15.8. The van der Waals surface area contributed by atoms with E-state index in [1.807, 2.05) is 12.1 Å². The van der Waals surface area contributed by atoms with Crippen molar-refractivity contribution in [2.45, 2.75) is 20.0 Å². The number of aromatic carboxylic acids is 1. The summed E-state index contributed by atoms with van der Waals surface area (Å²) < 4.78 is 34.7. The molecule has 0 radical (unpaired) electrons. The monoisotopic (exact) mass is 452 g/mol. The molecule has 8 heteroatoms. The van der Waals surface area contributed by atoms with Crippen LogP contribution < -0.4 is 0 Å². The van der Waals surface area contributed by atoms with Gasteiger partial charge in [-0.25, -0.2) is 18.4 Å². The molecule has 0 saturated heterocycles. The highest BCUT2D eigenvalue weighted by atomic mass is 19.1. The Morgan fingerprint density at radius 2 is 1.73 bits per heavy atom. The molecule has 170 valence electrons. The van der Waals surface area contributed by atoms with Gasteiger partial charge in [0.1, 0.15) is 17.3 Å². The van der Waals surface area contributed by atoms with Gasteiger partial charge in [0.2, 0.25) is 0 Å². The second-order valence-corrected chi connectivity index (χ2v) is 7.72. The van der Waals surface area contributed by atoms with E-state index in [1.54, 1.807) is 23.6 Å². The Bertz CT molecular complexity index is 1380. The summed E-state index contributed by atoms with van der Waals surface area (Å²) in [5.74, 6) is -2.14. The van der Waals surface area contributed by atoms with Crippen LogP contribution in [0.15, 0.2) is 54.6 Å². The highest BCUT2D eigenvalue weighted by molar-refractivity contribution is 5.99. The Labute approximate surface area is 188 Å². The summed E-state index contributed by atoms with van der Waals surface area (Å²) >= 11 is 0. The van der Waals surface area contributed by atoms with Crippen molar-refractivity contribution in [3.63, 3.8) is 0 Å². The summed E-state index contributed by atoms with van der Waals surface area (Å²) in [7, 11) is 1.49. The molecule has 0 aliphatic rings. The van der Waals surface area contributed by atoms with Crippen molar-refractivity contribution in [3.8, 4) is 0 Å². The molecule has 6 nitrogen and oxygen atoms in total. The molecule has 1 N–H and O–H groups in total. The molecule has 33 heavy (non-hydrogen) atoms. The minimum absolute atomic E-state index is 0.0693. The van der Waals surface area contributed by atoms with Crippen LogP contribution in [0.3, 0.4) is 0 Å². The molecule has 4 aromatic rings. The number of carbonyl (C=O) groups excluding carboxylic acids is 1. The molecule has 1 aromatic heterocycles. The lowest BCUT2D eigenvalue weighted by Crippen LogP contribution is -2.27. The number of nitrogens with zero attached hydrogens (tertiary/aromatic N) is 2. The number of carbonyl (C=O) groups is 2. The van der Waals surface area contributed by atoms with E-state index in [9.17, 15) is 23.5 Å². The van der Waals surface area contributed by atoms with Crippen LogP contribution in [0.2, 0.25) is 0 Å². The van der Waals surface area contributed by atoms with Crippen molar-refractivity contribution in [1.29, 1.82) is 0 Å². The van der Waals surface area contributed by atoms with E-state index in [-0.39, 0.29) is 25.4 Å². The van der Waals surface area contributed by atoms with E-state index in [1.165, 1.54) is 42.3 Å². The first-order valence-electron chi connectivity index (χ1n) is 10.4. The van der Waals surface area contributed by atoms with E-state index >= 15 is 0 Å². The maximum Gasteiger partial charge on any atom is 0.409 e. The number of carboxylic acids is 1. The highest BCUT2D eigenvalue weighted by Gasteiger charge is 2.25. The lowest BCUT2D eigenvalue weighted by molar-refractivity contribution is 0.0682. The molecule has 1 heterocycles. The van der Waals surface area contributed by atoms with E-state index in [0.29, 0.717) is 27.4 Å². The molecule has 0 spiro atoms. The van der Waals surface area contributed by atoms with Crippen LogP contribution in [0, 0.1) is 11.6 Å². The zero-order chi connectivity index (χ0) is 23.7. The molecular weight excluding hydrogens is 430 g/mol. The standard InChI is InChI=1S/C25H22F2N2O4/c1-3-33-25(32)28(2)14-21-20-12-18(27)9-10-22(20)29(23(21)24(30)31)13-16-6-4-5-15-7-8-17(26)11-19(15)16/h4-12H,3,13-14H2,1-2H3,(H,30,31). The van der Waals surface area contributed by atoms with Crippen molar-refractivity contribution >= 4 is 33.7 Å². The van der Waals surface area contributed by atoms with Crippen molar-refractivity contribution in [3.05, 3.63) is 83.1 Å². The van der Waals surface area contributed by atoms with Crippen LogP contribution in [-0.4, -0.2) is 40.3 Å². The number of benzene rings is 3. The summed E-state index contributed by atoms with van der Waals surface area (Å²) in [6.45, 7) is 1.87. The number of hydrogen-bond donors (Lipinski definition) is 1. The van der Waals surface area contributed by atoms with E-state index in [0.717, 1.165) is 5.39 Å². The lowest BCUT2D eigenvalue weighted by Gasteiger charge is -2.17. The normalized spacial score (nSPS) is 11.2. The van der Waals surface area contributed by atoms with Crippen molar-refractivity contribution in [1.82, 2.24) is 9.47 Å². The number of halogens is 2. The Kier molecular flexibility index (Phi) is 6.00. The Hall–Kier alpha value is -3.94. The van der Waals surface area contributed by atoms with Crippen LogP contribution in [0.25, 0.3) is 21.7 Å². The largest absolute Gasteiger partial charge is 0.477 e. The van der Waals surface area contributed by atoms with Gasteiger partial charge in [0.05, 0.1) is 13.2 Å². The third-order valence-corrected chi connectivity index (χ3v) is 5.57. The summed E-state index contributed by atoms with van der Waals surface area (Å²) in [6.07, 6.45) is -0.615. The van der Waals surface area contributed by atoms with E-state index in [2.05, 4.69) is 0 Å². The van der Waals surface area contributed by atoms with Gasteiger partial charge in [-0.2, -0.15) is 0 Å². The zero-order valence-electron chi connectivity index (χ0n) is 18.1. The number of amides is 1. The van der Waals surface area contributed by atoms with Crippen LogP contribution in [0.1, 0.15) is 28.5 Å². The maximum absolute atomic E-state index is 14.2. The SMILES string of the molecule is CCOC(=O)N(C)Cc1c(C(=O)O)n(Cc2cccc3ccc(F)cc23)c2ccc(F)cc12. The van der Waals surface area contributed by atoms with Gasteiger partial charge in [0.15, 0.2) is 0 Å². The fourth-order valence-corrected chi connectivity index (χ4v) is 4.12. The fourth-order valence-electron chi connectivity index (χ4n) is 4.12. The molecular formula is C25H22F2N2O4. The van der Waals surface area contributed by atoms with Crippen molar-refractivity contribution in [2.75, 3.05) is 13.7 Å². The topological polar surface area (TPSA) is 71.8 Å². The van der Waals surface area contributed by atoms with Crippen LogP contribution in [0.4, 0.5) is 13.6 Å². The number of fused-ring (bicyclic) bond motifs is 2. The van der Waals surface area contributed by atoms with Crippen LogP contribution in [-0.2, 0) is 17.8 Å². The number of rotatable bonds is 6. The molecule has 0 saturated carbocycles. The van der Waals surface area contributed by atoms with Gasteiger partial charge in [-0.3, -0.25) is 0 Å². The predicted octanol–water partition coefficient (Wildman–Crippen LogP) is 5.41. The number of aromatic nitrogens is 1. The maximum atomic E-state index is 14.2. The number of ether oxygens (including phenoxy) is 1. The molecule has 3 aromatic carbocycles. The molecule has 0 aliphatic carbocycles. The average molecular weight is 452 g/mol. The zero-order valence-corrected chi connectivity index (χ0v) is 18.1. The highest BCUT2D eigenvalue weighted by Crippen LogP contribution is 2.31. The molecule has 0 bridgehead atoms. The van der Waals surface area contributed by atoms with E-state index in [4.69, 9.17) is 4.74 Å². The van der Waals surface area contributed by atoms with Gasteiger partial charge < -0.3 is 19.3 Å². The Morgan fingerprint density at radius 3 is 2.42 bits per heavy atom. The van der Waals surface area contributed by atoms with E-state index < -0.39 is 23.7 Å². The van der Waals surface area contributed by atoms with Gasteiger partial charge in [-0.05, 0) is 53.6 Å². The van der Waals surface area contributed by atoms with Gasteiger partial charge in [-0.15, -0.1) is 0 Å². The Balaban J connectivity index is 1.90. The average Bonchev–Trinajstić information content (AvgIpc) is 3.06. The second kappa shape index (κ2) is 8.90. The van der Waals surface area contributed by atoms with Gasteiger partial charge in [-0.1, -0.05) is 24.3 Å². The predicted molar refractivity (Wildman–Crippen MR) is 120 cm³/mol. The summed E-state index contributed by atoms with van der Waals surface area (Å²) in [4.78, 5) is 25.8. The summed E-state index contributed by atoms with van der Waals surface area (Å²) in [6, 6.07) is 13.9. The first kappa shape index (κ1) is 22.3. The third-order valence-electron chi connectivity index (χ3n) is 5.57. The smallest absolute Gasteiger partial charge is 0.409 e. The molecule has 0 atom stereocenters. The van der Waals surface area contributed by atoms with Gasteiger partial charge in [0.25, 0.3) is 0 Å². The van der Waals surface area contributed by atoms with Crippen molar-refractivity contribution < 1.29 is 28.2 Å². The Morgan fingerprint density at radius 1 is 1.03 bits per heavy atom. The van der Waals surface area contributed by atoms with Gasteiger partial charge in [0, 0.05) is 30.1 Å². The third kappa shape index (κ3) is 4.24. The molecule has 4 rings (SSSR count). The molecule has 1 amide bonds. The fraction of sp³-hybridized carbons (Fsp3) is 0.200. The van der Waals surface area contributed by atoms with Crippen LogP contribution >= 0.6 is 0 Å². The summed E-state index contributed by atoms with van der Waals surface area (Å²) in [5, 5.41) is 12.0. The van der Waals surface area contributed by atoms with Gasteiger partial charge >= 0.3 is 12.1 Å².